The molecule has 0 aromatic carbocycles. The van der Waals surface area contributed by atoms with Crippen LogP contribution in [-0.2, 0) is 19.9 Å². The number of anilines is 1. The van der Waals surface area contributed by atoms with Crippen LogP contribution in [0.5, 0.6) is 0 Å². The topological polar surface area (TPSA) is 122 Å². The molecule has 20 heavy (non-hydrogen) atoms. The van der Waals surface area contributed by atoms with Crippen LogP contribution in [0.4, 0.5) is 5.69 Å². The highest BCUT2D eigenvalue weighted by Crippen LogP contribution is 2.15. The van der Waals surface area contributed by atoms with E-state index in [0.29, 0.717) is 5.82 Å². The minimum atomic E-state index is -3.80. The number of hydrogen-bond donors (Lipinski definition) is 2. The summed E-state index contributed by atoms with van der Waals surface area (Å²) in [6.45, 7) is 1.63. The minimum Gasteiger partial charge on any atom is -0.332 e. The first-order valence-corrected chi connectivity index (χ1v) is 8.76. The van der Waals surface area contributed by atoms with Crippen molar-refractivity contribution in [2.24, 2.45) is 0 Å². The maximum Gasteiger partial charge on any atom is 0.279 e. The Hall–Kier alpha value is -1.94. The van der Waals surface area contributed by atoms with Gasteiger partial charge in [-0.1, -0.05) is 0 Å². The second kappa shape index (κ2) is 4.87. The van der Waals surface area contributed by atoms with Crippen molar-refractivity contribution in [1.29, 1.82) is 0 Å². The van der Waals surface area contributed by atoms with Gasteiger partial charge in [0.05, 0.1) is 18.1 Å². The molecular weight excluding hydrogens is 304 g/mol. The molecule has 0 aliphatic rings. The molecule has 0 amide bonds. The van der Waals surface area contributed by atoms with Gasteiger partial charge in [-0.15, -0.1) is 0 Å². The van der Waals surface area contributed by atoms with Gasteiger partial charge >= 0.3 is 0 Å². The molecule has 0 atom stereocenters. The van der Waals surface area contributed by atoms with Crippen molar-refractivity contribution < 1.29 is 16.8 Å². The summed E-state index contributed by atoms with van der Waals surface area (Å²) < 4.78 is 48.7. The van der Waals surface area contributed by atoms with Crippen molar-refractivity contribution >= 4 is 25.5 Å². The molecule has 0 saturated carbocycles. The van der Waals surface area contributed by atoms with Crippen LogP contribution in [0.25, 0.3) is 0 Å². The summed E-state index contributed by atoms with van der Waals surface area (Å²) in [4.78, 5) is 10.1. The van der Waals surface area contributed by atoms with Crippen LogP contribution in [0.1, 0.15) is 5.82 Å². The van der Waals surface area contributed by atoms with E-state index in [2.05, 4.69) is 19.7 Å². The maximum absolute atomic E-state index is 12.0. The Labute approximate surface area is 116 Å². The van der Waals surface area contributed by atoms with Gasteiger partial charge in [-0.05, 0) is 19.1 Å². The predicted octanol–water partition coefficient (Wildman–Crippen LogP) is 0.317. The zero-order valence-corrected chi connectivity index (χ0v) is 12.3. The van der Waals surface area contributed by atoms with Crippen molar-refractivity contribution in [2.75, 3.05) is 11.0 Å². The molecular formula is C10H12N4O4S2. The van der Waals surface area contributed by atoms with Gasteiger partial charge in [0.1, 0.15) is 5.82 Å². The third-order valence-corrected chi connectivity index (χ3v) is 4.63. The highest BCUT2D eigenvalue weighted by molar-refractivity contribution is 7.92. The second-order valence-electron chi connectivity index (χ2n) is 4.10. The van der Waals surface area contributed by atoms with Gasteiger partial charge < -0.3 is 4.98 Å². The molecule has 0 bridgehead atoms. The van der Waals surface area contributed by atoms with Gasteiger partial charge in [-0.3, -0.25) is 4.72 Å². The molecule has 2 heterocycles. The molecule has 10 heteroatoms. The van der Waals surface area contributed by atoms with E-state index in [1.807, 2.05) is 0 Å². The Balaban J connectivity index is 2.26. The van der Waals surface area contributed by atoms with Crippen LogP contribution in [0.3, 0.4) is 0 Å². The lowest BCUT2D eigenvalue weighted by Gasteiger charge is -2.06. The number of pyridine rings is 1. The SMILES string of the molecule is Cc1ncc(S(=O)(=O)Nc2ccc(S(C)(=O)=O)nc2)[nH]1. The Bertz CT molecular complexity index is 822. The molecule has 0 aliphatic heterocycles. The lowest BCUT2D eigenvalue weighted by molar-refractivity contribution is 0.597. The van der Waals surface area contributed by atoms with Crippen LogP contribution in [0.15, 0.2) is 34.6 Å². The quantitative estimate of drug-likeness (QED) is 0.837. The van der Waals surface area contributed by atoms with E-state index in [0.717, 1.165) is 12.5 Å². The zero-order chi connectivity index (χ0) is 15.0. The van der Waals surface area contributed by atoms with E-state index >= 15 is 0 Å². The summed E-state index contributed by atoms with van der Waals surface area (Å²) in [5.41, 5.74) is 0.157. The monoisotopic (exact) mass is 316 g/mol. The van der Waals surface area contributed by atoms with E-state index in [9.17, 15) is 16.8 Å². The molecule has 2 rings (SSSR count). The smallest absolute Gasteiger partial charge is 0.279 e. The number of aryl methyl sites for hydroxylation is 1. The van der Waals surface area contributed by atoms with Gasteiger partial charge in [0.2, 0.25) is 0 Å². The molecule has 108 valence electrons. The maximum atomic E-state index is 12.0. The molecule has 0 saturated heterocycles. The van der Waals surface area contributed by atoms with E-state index in [1.54, 1.807) is 6.92 Å². The van der Waals surface area contributed by atoms with Gasteiger partial charge in [0, 0.05) is 6.26 Å². The number of hydrogen-bond acceptors (Lipinski definition) is 6. The molecule has 0 unspecified atom stereocenters. The molecule has 0 radical (unpaired) electrons. The molecule has 2 aromatic rings. The lowest BCUT2D eigenvalue weighted by Crippen LogP contribution is -2.14. The Kier molecular flexibility index (Phi) is 3.52. The van der Waals surface area contributed by atoms with Crippen molar-refractivity contribution in [3.05, 3.63) is 30.4 Å². The fourth-order valence-electron chi connectivity index (χ4n) is 1.40. The van der Waals surface area contributed by atoms with Gasteiger partial charge in [-0.2, -0.15) is 8.42 Å². The van der Waals surface area contributed by atoms with Crippen molar-refractivity contribution in [3.8, 4) is 0 Å². The first-order chi connectivity index (χ1) is 9.18. The fourth-order valence-corrected chi connectivity index (χ4v) is 2.98. The number of rotatable bonds is 4. The number of H-pyrrole nitrogens is 1. The van der Waals surface area contributed by atoms with Crippen LogP contribution < -0.4 is 4.72 Å². The standard InChI is InChI=1S/C10H12N4O4S2/c1-7-11-6-10(13-7)20(17,18)14-8-3-4-9(12-5-8)19(2,15)16/h3-6,14H,1-2H3,(H,11,13). The Morgan fingerprint density at radius 3 is 2.25 bits per heavy atom. The van der Waals surface area contributed by atoms with Crippen LogP contribution in [-0.4, -0.2) is 38.0 Å². The van der Waals surface area contributed by atoms with Crippen molar-refractivity contribution in [3.63, 3.8) is 0 Å². The number of nitrogens with zero attached hydrogens (tertiary/aromatic N) is 2. The van der Waals surface area contributed by atoms with Crippen LogP contribution in [0, 0.1) is 6.92 Å². The lowest BCUT2D eigenvalue weighted by atomic mass is 10.4. The number of imidazole rings is 1. The van der Waals surface area contributed by atoms with E-state index in [-0.39, 0.29) is 15.7 Å². The summed E-state index contributed by atoms with van der Waals surface area (Å²) in [6.07, 6.45) is 3.35. The Morgan fingerprint density at radius 2 is 1.80 bits per heavy atom. The first kappa shape index (κ1) is 14.5. The molecule has 8 nitrogen and oxygen atoms in total. The van der Waals surface area contributed by atoms with E-state index in [1.165, 1.54) is 18.3 Å². The van der Waals surface area contributed by atoms with Gasteiger partial charge in [-0.25, -0.2) is 18.4 Å². The molecule has 0 aliphatic carbocycles. The van der Waals surface area contributed by atoms with E-state index in [4.69, 9.17) is 0 Å². The van der Waals surface area contributed by atoms with Gasteiger partial charge in [0.25, 0.3) is 10.0 Å². The largest absolute Gasteiger partial charge is 0.332 e. The average molecular weight is 316 g/mol. The van der Waals surface area contributed by atoms with Crippen molar-refractivity contribution in [2.45, 2.75) is 17.0 Å². The molecule has 2 aromatic heterocycles. The summed E-state index contributed by atoms with van der Waals surface area (Å²) >= 11 is 0. The highest BCUT2D eigenvalue weighted by Gasteiger charge is 2.17. The molecule has 2 N–H and O–H groups in total. The second-order valence-corrected chi connectivity index (χ2v) is 7.71. The average Bonchev–Trinajstić information content (AvgIpc) is 2.76. The predicted molar refractivity (Wildman–Crippen MR) is 71.5 cm³/mol. The van der Waals surface area contributed by atoms with Gasteiger partial charge in [0.15, 0.2) is 19.9 Å². The summed E-state index contributed by atoms with van der Waals surface area (Å²) in [5, 5.41) is -0.208. The Morgan fingerprint density at radius 1 is 1.10 bits per heavy atom. The molecule has 0 spiro atoms. The number of aromatic nitrogens is 3. The first-order valence-electron chi connectivity index (χ1n) is 5.39. The summed E-state index contributed by atoms with van der Waals surface area (Å²) in [7, 11) is -7.21. The van der Waals surface area contributed by atoms with E-state index < -0.39 is 19.9 Å². The highest BCUT2D eigenvalue weighted by atomic mass is 32.2. The number of sulfone groups is 1. The third-order valence-electron chi connectivity index (χ3n) is 2.34. The normalized spacial score (nSPS) is 12.3. The summed E-state index contributed by atoms with van der Waals surface area (Å²) in [5.74, 6) is 0.468. The van der Waals surface area contributed by atoms with Crippen LogP contribution >= 0.6 is 0 Å². The summed E-state index contributed by atoms with van der Waals surface area (Å²) in [6, 6.07) is 2.55. The number of sulfonamides is 1. The molecule has 0 fully saturated rings. The zero-order valence-electron chi connectivity index (χ0n) is 10.7. The van der Waals surface area contributed by atoms with Crippen molar-refractivity contribution in [1.82, 2.24) is 15.0 Å². The third kappa shape index (κ3) is 3.14. The number of aromatic amines is 1. The van der Waals surface area contributed by atoms with Crippen LogP contribution in [0.2, 0.25) is 0 Å². The minimum absolute atomic E-state index is 0.0813. The number of nitrogens with one attached hydrogen (secondary N) is 2. The fraction of sp³-hybridized carbons (Fsp3) is 0.200.